The molecular formula is C14H26N2O2. The zero-order valence-corrected chi connectivity index (χ0v) is 11.7. The molecule has 104 valence electrons. The van der Waals surface area contributed by atoms with E-state index in [1.165, 1.54) is 19.3 Å². The highest BCUT2D eigenvalue weighted by Gasteiger charge is 2.31. The van der Waals surface area contributed by atoms with Crippen LogP contribution in [0, 0.1) is 5.92 Å². The molecule has 1 saturated carbocycles. The molecule has 4 nitrogen and oxygen atoms in total. The van der Waals surface area contributed by atoms with Gasteiger partial charge in [0.2, 0.25) is 0 Å². The number of carbonyl (C=O) groups excluding carboxylic acids is 1. The summed E-state index contributed by atoms with van der Waals surface area (Å²) in [6, 6.07) is 0.422. The zero-order chi connectivity index (χ0) is 13.0. The van der Waals surface area contributed by atoms with Crippen molar-refractivity contribution in [3.8, 4) is 0 Å². The number of likely N-dealkylation sites (N-methyl/N-ethyl adjacent to an activating group) is 1. The highest BCUT2D eigenvalue weighted by atomic mass is 16.5. The largest absolute Gasteiger partial charge is 0.366 e. The summed E-state index contributed by atoms with van der Waals surface area (Å²) in [4.78, 5) is 14.2. The number of amides is 1. The number of nitrogens with zero attached hydrogens (tertiary/aromatic N) is 1. The number of carbonyl (C=O) groups is 1. The van der Waals surface area contributed by atoms with Gasteiger partial charge in [0, 0.05) is 26.2 Å². The van der Waals surface area contributed by atoms with Gasteiger partial charge < -0.3 is 15.0 Å². The van der Waals surface area contributed by atoms with Crippen molar-refractivity contribution in [1.82, 2.24) is 10.2 Å². The van der Waals surface area contributed by atoms with Gasteiger partial charge in [-0.05, 0) is 31.6 Å². The van der Waals surface area contributed by atoms with Gasteiger partial charge >= 0.3 is 0 Å². The van der Waals surface area contributed by atoms with Gasteiger partial charge in [-0.15, -0.1) is 0 Å². The summed E-state index contributed by atoms with van der Waals surface area (Å²) >= 11 is 0. The van der Waals surface area contributed by atoms with Crippen molar-refractivity contribution in [2.24, 2.45) is 5.92 Å². The molecule has 1 aliphatic carbocycles. The summed E-state index contributed by atoms with van der Waals surface area (Å²) in [5.41, 5.74) is 0. The van der Waals surface area contributed by atoms with Crippen molar-refractivity contribution in [3.63, 3.8) is 0 Å². The number of ether oxygens (including phenoxy) is 1. The van der Waals surface area contributed by atoms with Crippen molar-refractivity contribution < 1.29 is 9.53 Å². The van der Waals surface area contributed by atoms with E-state index in [1.54, 1.807) is 0 Å². The summed E-state index contributed by atoms with van der Waals surface area (Å²) in [6.07, 6.45) is 5.85. The van der Waals surface area contributed by atoms with Crippen molar-refractivity contribution >= 4 is 5.91 Å². The molecule has 1 amide bonds. The second kappa shape index (κ2) is 6.53. The number of nitrogens with one attached hydrogen (secondary N) is 1. The molecule has 0 aromatic rings. The first kappa shape index (κ1) is 13.8. The van der Waals surface area contributed by atoms with Crippen LogP contribution in [0.1, 0.15) is 39.0 Å². The zero-order valence-electron chi connectivity index (χ0n) is 11.7. The Labute approximate surface area is 110 Å². The van der Waals surface area contributed by atoms with E-state index in [2.05, 4.69) is 12.2 Å². The Kier molecular flexibility index (Phi) is 5.01. The maximum absolute atomic E-state index is 12.3. The van der Waals surface area contributed by atoms with E-state index in [0.717, 1.165) is 25.3 Å². The summed E-state index contributed by atoms with van der Waals surface area (Å²) in [6.45, 7) is 4.43. The molecule has 2 fully saturated rings. The van der Waals surface area contributed by atoms with E-state index in [1.807, 2.05) is 11.9 Å². The fraction of sp³-hybridized carbons (Fsp3) is 0.929. The maximum atomic E-state index is 12.3. The molecule has 2 rings (SSSR count). The van der Waals surface area contributed by atoms with Crippen LogP contribution in [-0.4, -0.2) is 49.7 Å². The highest BCUT2D eigenvalue weighted by Crippen LogP contribution is 2.29. The van der Waals surface area contributed by atoms with E-state index in [4.69, 9.17) is 4.74 Å². The predicted molar refractivity (Wildman–Crippen MR) is 71.4 cm³/mol. The monoisotopic (exact) mass is 254 g/mol. The summed E-state index contributed by atoms with van der Waals surface area (Å²) in [5, 5.41) is 3.22. The van der Waals surface area contributed by atoms with Crippen molar-refractivity contribution in [2.75, 3.05) is 26.7 Å². The van der Waals surface area contributed by atoms with Crippen LogP contribution in [0.15, 0.2) is 0 Å². The molecule has 1 atom stereocenters. The lowest BCUT2D eigenvalue weighted by Gasteiger charge is -2.36. The quantitative estimate of drug-likeness (QED) is 0.828. The van der Waals surface area contributed by atoms with Gasteiger partial charge in [-0.1, -0.05) is 13.3 Å². The highest BCUT2D eigenvalue weighted by molar-refractivity contribution is 5.81. The average molecular weight is 254 g/mol. The van der Waals surface area contributed by atoms with Gasteiger partial charge in [0.1, 0.15) is 6.10 Å². The van der Waals surface area contributed by atoms with E-state index in [0.29, 0.717) is 19.2 Å². The molecule has 2 aliphatic rings. The van der Waals surface area contributed by atoms with Crippen molar-refractivity contribution in [3.05, 3.63) is 0 Å². The Bertz CT molecular complexity index is 269. The van der Waals surface area contributed by atoms with Crippen LogP contribution < -0.4 is 5.32 Å². The van der Waals surface area contributed by atoms with Crippen LogP contribution in [0.3, 0.4) is 0 Å². The Morgan fingerprint density at radius 1 is 1.33 bits per heavy atom. The molecule has 4 heteroatoms. The topological polar surface area (TPSA) is 41.6 Å². The van der Waals surface area contributed by atoms with Gasteiger partial charge in [0.15, 0.2) is 0 Å². The Hall–Kier alpha value is -0.610. The van der Waals surface area contributed by atoms with Crippen LogP contribution in [-0.2, 0) is 9.53 Å². The van der Waals surface area contributed by atoms with Crippen molar-refractivity contribution in [2.45, 2.75) is 51.2 Å². The molecular weight excluding hydrogens is 228 g/mol. The Balaban J connectivity index is 1.83. The minimum absolute atomic E-state index is 0.155. The Morgan fingerprint density at radius 2 is 2.06 bits per heavy atom. The lowest BCUT2D eigenvalue weighted by Crippen LogP contribution is -2.51. The molecule has 0 aromatic heterocycles. The molecule has 0 spiro atoms. The number of hydrogen-bond donors (Lipinski definition) is 1. The molecule has 0 aromatic carbocycles. The molecule has 1 heterocycles. The second-order valence-electron chi connectivity index (χ2n) is 5.60. The molecule has 1 N–H and O–H groups in total. The van der Waals surface area contributed by atoms with Gasteiger partial charge in [0.05, 0.1) is 6.61 Å². The molecule has 1 unspecified atom stereocenters. The first-order valence-corrected chi connectivity index (χ1v) is 7.31. The van der Waals surface area contributed by atoms with E-state index < -0.39 is 0 Å². The smallest absolute Gasteiger partial charge is 0.253 e. The van der Waals surface area contributed by atoms with Crippen molar-refractivity contribution in [1.29, 1.82) is 0 Å². The lowest BCUT2D eigenvalue weighted by molar-refractivity contribution is -0.146. The number of morpholine rings is 1. The molecule has 1 aliphatic heterocycles. The third-order valence-corrected chi connectivity index (χ3v) is 4.49. The molecule has 18 heavy (non-hydrogen) atoms. The predicted octanol–water partition coefficient (Wildman–Crippen LogP) is 1.40. The van der Waals surface area contributed by atoms with Gasteiger partial charge in [-0.2, -0.15) is 0 Å². The van der Waals surface area contributed by atoms with Crippen LogP contribution in [0.25, 0.3) is 0 Å². The maximum Gasteiger partial charge on any atom is 0.253 e. The first-order chi connectivity index (χ1) is 8.72. The minimum atomic E-state index is -0.271. The fourth-order valence-corrected chi connectivity index (χ4v) is 3.07. The third kappa shape index (κ3) is 3.23. The average Bonchev–Trinajstić information content (AvgIpc) is 2.47. The lowest BCUT2D eigenvalue weighted by atomic mass is 9.84. The van der Waals surface area contributed by atoms with Gasteiger partial charge in [-0.25, -0.2) is 0 Å². The van der Waals surface area contributed by atoms with Gasteiger partial charge in [-0.3, -0.25) is 4.79 Å². The standard InChI is InChI=1S/C14H26N2O2/c1-3-11-4-6-12(7-5-11)16(2)14(17)13-10-15-8-9-18-13/h11-13,15H,3-10H2,1-2H3. The molecule has 0 bridgehead atoms. The summed E-state index contributed by atoms with van der Waals surface area (Å²) in [7, 11) is 1.94. The first-order valence-electron chi connectivity index (χ1n) is 7.31. The van der Waals surface area contributed by atoms with E-state index in [-0.39, 0.29) is 12.0 Å². The summed E-state index contributed by atoms with van der Waals surface area (Å²) in [5.74, 6) is 1.03. The van der Waals surface area contributed by atoms with Crippen LogP contribution in [0.2, 0.25) is 0 Å². The van der Waals surface area contributed by atoms with E-state index in [9.17, 15) is 4.79 Å². The normalized spacial score (nSPS) is 33.1. The number of rotatable bonds is 3. The van der Waals surface area contributed by atoms with E-state index >= 15 is 0 Å². The fourth-order valence-electron chi connectivity index (χ4n) is 3.07. The minimum Gasteiger partial charge on any atom is -0.366 e. The summed E-state index contributed by atoms with van der Waals surface area (Å²) < 4.78 is 5.54. The number of hydrogen-bond acceptors (Lipinski definition) is 3. The SMILES string of the molecule is CCC1CCC(N(C)C(=O)C2CNCCO2)CC1. The van der Waals surface area contributed by atoms with Gasteiger partial charge in [0.25, 0.3) is 5.91 Å². The van der Waals surface area contributed by atoms with Crippen LogP contribution >= 0.6 is 0 Å². The Morgan fingerprint density at radius 3 is 2.61 bits per heavy atom. The van der Waals surface area contributed by atoms with Crippen LogP contribution in [0.4, 0.5) is 0 Å². The molecule has 1 saturated heterocycles. The second-order valence-corrected chi connectivity index (χ2v) is 5.60. The van der Waals surface area contributed by atoms with Crippen LogP contribution in [0.5, 0.6) is 0 Å². The third-order valence-electron chi connectivity index (χ3n) is 4.49. The molecule has 0 radical (unpaired) electrons.